The van der Waals surface area contributed by atoms with Gasteiger partial charge in [0.25, 0.3) is 5.91 Å². The van der Waals surface area contributed by atoms with Crippen LogP contribution in [0.2, 0.25) is 0 Å². The summed E-state index contributed by atoms with van der Waals surface area (Å²) >= 11 is 1.40. The Kier molecular flexibility index (Phi) is 4.52. The SMILES string of the molecule is CCC1CCC(C)N1C(=O)c1sc(N(C)CC)nc1N. The third-order valence-electron chi connectivity index (χ3n) is 4.13. The van der Waals surface area contributed by atoms with Crippen molar-refractivity contribution in [1.29, 1.82) is 0 Å². The van der Waals surface area contributed by atoms with Gasteiger partial charge < -0.3 is 15.5 Å². The van der Waals surface area contributed by atoms with Gasteiger partial charge in [-0.3, -0.25) is 4.79 Å². The van der Waals surface area contributed by atoms with Crippen LogP contribution in [0.4, 0.5) is 10.9 Å². The molecule has 6 heteroatoms. The van der Waals surface area contributed by atoms with Crippen molar-refractivity contribution in [3.8, 4) is 0 Å². The summed E-state index contributed by atoms with van der Waals surface area (Å²) in [5.74, 6) is 0.414. The summed E-state index contributed by atoms with van der Waals surface area (Å²) in [5, 5.41) is 0.813. The molecule has 1 saturated heterocycles. The second kappa shape index (κ2) is 5.99. The minimum Gasteiger partial charge on any atom is -0.382 e. The summed E-state index contributed by atoms with van der Waals surface area (Å²) in [7, 11) is 1.96. The van der Waals surface area contributed by atoms with Crippen LogP contribution in [0.3, 0.4) is 0 Å². The van der Waals surface area contributed by atoms with Gasteiger partial charge >= 0.3 is 0 Å². The molecule has 1 amide bonds. The van der Waals surface area contributed by atoms with Gasteiger partial charge in [-0.1, -0.05) is 18.3 Å². The third-order valence-corrected chi connectivity index (χ3v) is 5.30. The summed E-state index contributed by atoms with van der Waals surface area (Å²) in [4.78, 5) is 21.7. The molecule has 0 bridgehead atoms. The van der Waals surface area contributed by atoms with E-state index in [0.717, 1.165) is 30.9 Å². The average Bonchev–Trinajstić information content (AvgIpc) is 3.00. The van der Waals surface area contributed by atoms with Crippen molar-refractivity contribution in [1.82, 2.24) is 9.88 Å². The molecule has 2 N–H and O–H groups in total. The maximum atomic E-state index is 12.8. The molecule has 0 aromatic carbocycles. The van der Waals surface area contributed by atoms with E-state index in [1.165, 1.54) is 11.3 Å². The largest absolute Gasteiger partial charge is 0.382 e. The fourth-order valence-corrected chi connectivity index (χ4v) is 3.68. The molecule has 1 aromatic rings. The number of hydrogen-bond donors (Lipinski definition) is 1. The second-order valence-corrected chi connectivity index (χ2v) is 6.40. The fraction of sp³-hybridized carbons (Fsp3) is 0.714. The highest BCUT2D eigenvalue weighted by Crippen LogP contribution is 2.33. The zero-order chi connectivity index (χ0) is 14.9. The molecule has 5 nitrogen and oxygen atoms in total. The lowest BCUT2D eigenvalue weighted by molar-refractivity contribution is 0.0682. The number of nitrogens with zero attached hydrogens (tertiary/aromatic N) is 3. The lowest BCUT2D eigenvalue weighted by Crippen LogP contribution is -2.39. The van der Waals surface area contributed by atoms with E-state index in [9.17, 15) is 4.79 Å². The van der Waals surface area contributed by atoms with E-state index >= 15 is 0 Å². The van der Waals surface area contributed by atoms with Gasteiger partial charge in [-0.15, -0.1) is 0 Å². The highest BCUT2D eigenvalue weighted by molar-refractivity contribution is 7.18. The van der Waals surface area contributed by atoms with Crippen LogP contribution in [0.1, 0.15) is 49.7 Å². The van der Waals surface area contributed by atoms with Gasteiger partial charge in [-0.25, -0.2) is 4.98 Å². The van der Waals surface area contributed by atoms with Crippen molar-refractivity contribution in [2.45, 2.75) is 52.1 Å². The number of aromatic nitrogens is 1. The summed E-state index contributed by atoms with van der Waals surface area (Å²) in [6.45, 7) is 7.15. The first-order valence-corrected chi connectivity index (χ1v) is 8.11. The lowest BCUT2D eigenvalue weighted by atomic mass is 10.1. The van der Waals surface area contributed by atoms with E-state index in [1.807, 2.05) is 16.8 Å². The van der Waals surface area contributed by atoms with E-state index < -0.39 is 0 Å². The summed E-state index contributed by atoms with van der Waals surface area (Å²) < 4.78 is 0. The molecule has 0 saturated carbocycles. The first kappa shape index (κ1) is 15.1. The predicted octanol–water partition coefficient (Wildman–Crippen LogP) is 2.58. The zero-order valence-corrected chi connectivity index (χ0v) is 13.5. The fourth-order valence-electron chi connectivity index (χ4n) is 2.73. The van der Waals surface area contributed by atoms with Crippen molar-refractivity contribution < 1.29 is 4.79 Å². The van der Waals surface area contributed by atoms with E-state index in [0.29, 0.717) is 22.8 Å². The van der Waals surface area contributed by atoms with Gasteiger partial charge in [-0.2, -0.15) is 0 Å². The van der Waals surface area contributed by atoms with Gasteiger partial charge in [0.05, 0.1) is 0 Å². The highest BCUT2D eigenvalue weighted by Gasteiger charge is 2.35. The molecule has 2 rings (SSSR count). The Labute approximate surface area is 124 Å². The number of amides is 1. The Morgan fingerprint density at radius 2 is 2.20 bits per heavy atom. The third kappa shape index (κ3) is 2.61. The quantitative estimate of drug-likeness (QED) is 0.927. The number of rotatable bonds is 4. The first-order valence-electron chi connectivity index (χ1n) is 7.29. The van der Waals surface area contributed by atoms with Gasteiger partial charge in [0.2, 0.25) is 0 Å². The Bertz CT molecular complexity index is 488. The second-order valence-electron chi connectivity index (χ2n) is 5.43. The molecular weight excluding hydrogens is 272 g/mol. The van der Waals surface area contributed by atoms with Crippen LogP contribution >= 0.6 is 11.3 Å². The minimum absolute atomic E-state index is 0.0487. The number of carbonyl (C=O) groups excluding carboxylic acids is 1. The number of likely N-dealkylation sites (tertiary alicyclic amines) is 1. The molecule has 1 aliphatic heterocycles. The van der Waals surface area contributed by atoms with Crippen LogP contribution in [-0.4, -0.2) is 41.5 Å². The molecule has 2 unspecified atom stereocenters. The molecule has 112 valence electrons. The molecule has 0 radical (unpaired) electrons. The maximum Gasteiger partial charge on any atom is 0.268 e. The van der Waals surface area contributed by atoms with Gasteiger partial charge in [0, 0.05) is 25.7 Å². The van der Waals surface area contributed by atoms with Crippen LogP contribution in [0.25, 0.3) is 0 Å². The zero-order valence-electron chi connectivity index (χ0n) is 12.7. The number of thiazole rings is 1. The maximum absolute atomic E-state index is 12.8. The number of anilines is 2. The number of nitrogens with two attached hydrogens (primary N) is 1. The van der Waals surface area contributed by atoms with Gasteiger partial charge in [0.15, 0.2) is 5.13 Å². The van der Waals surface area contributed by atoms with Crippen LogP contribution in [0.5, 0.6) is 0 Å². The molecule has 20 heavy (non-hydrogen) atoms. The smallest absolute Gasteiger partial charge is 0.268 e. The monoisotopic (exact) mass is 296 g/mol. The van der Waals surface area contributed by atoms with Gasteiger partial charge in [0.1, 0.15) is 10.7 Å². The molecule has 0 spiro atoms. The standard InChI is InChI=1S/C14H24N4OS/c1-5-10-8-7-9(3)18(10)13(19)11-12(15)16-14(20-11)17(4)6-2/h9-10H,5-8,15H2,1-4H3. The van der Waals surface area contributed by atoms with Crippen LogP contribution in [0, 0.1) is 0 Å². The van der Waals surface area contributed by atoms with E-state index in [4.69, 9.17) is 5.73 Å². The van der Waals surface area contributed by atoms with Crippen LogP contribution < -0.4 is 10.6 Å². The van der Waals surface area contributed by atoms with Crippen molar-refractivity contribution in [3.63, 3.8) is 0 Å². The number of nitrogen functional groups attached to an aromatic ring is 1. The summed E-state index contributed by atoms with van der Waals surface area (Å²) in [6.07, 6.45) is 3.16. The molecule has 2 heterocycles. The molecule has 1 aromatic heterocycles. The van der Waals surface area contributed by atoms with E-state index in [-0.39, 0.29) is 5.91 Å². The highest BCUT2D eigenvalue weighted by atomic mass is 32.1. The Hall–Kier alpha value is -1.30. The molecule has 1 fully saturated rings. The molecule has 2 atom stereocenters. The van der Waals surface area contributed by atoms with Gasteiger partial charge in [-0.05, 0) is 33.1 Å². The predicted molar refractivity (Wildman–Crippen MR) is 84.4 cm³/mol. The minimum atomic E-state index is 0.0487. The summed E-state index contributed by atoms with van der Waals surface area (Å²) in [5.41, 5.74) is 5.96. The van der Waals surface area contributed by atoms with Crippen molar-refractivity contribution in [2.24, 2.45) is 0 Å². The van der Waals surface area contributed by atoms with Crippen molar-refractivity contribution >= 4 is 28.2 Å². The lowest BCUT2D eigenvalue weighted by Gasteiger charge is -2.27. The molecule has 1 aliphatic rings. The normalized spacial score (nSPS) is 22.3. The first-order chi connectivity index (χ1) is 9.49. The molecule has 0 aliphatic carbocycles. The topological polar surface area (TPSA) is 62.5 Å². The number of hydrogen-bond acceptors (Lipinski definition) is 5. The van der Waals surface area contributed by atoms with Crippen LogP contribution in [-0.2, 0) is 0 Å². The van der Waals surface area contributed by atoms with Crippen molar-refractivity contribution in [2.75, 3.05) is 24.2 Å². The Morgan fingerprint density at radius 3 is 2.80 bits per heavy atom. The van der Waals surface area contributed by atoms with Crippen molar-refractivity contribution in [3.05, 3.63) is 4.88 Å². The van der Waals surface area contributed by atoms with E-state index in [2.05, 4.69) is 25.8 Å². The Morgan fingerprint density at radius 1 is 1.50 bits per heavy atom. The number of carbonyl (C=O) groups is 1. The van der Waals surface area contributed by atoms with E-state index in [1.54, 1.807) is 0 Å². The average molecular weight is 296 g/mol. The summed E-state index contributed by atoms with van der Waals surface area (Å²) in [6, 6.07) is 0.632. The Balaban J connectivity index is 2.26. The van der Waals surface area contributed by atoms with Crippen LogP contribution in [0.15, 0.2) is 0 Å². The molecular formula is C14H24N4OS.